The number of aryl methyl sites for hydroxylation is 1. The molecule has 0 radical (unpaired) electrons. The third kappa shape index (κ3) is 3.13. The summed E-state index contributed by atoms with van der Waals surface area (Å²) in [5.41, 5.74) is 2.28. The van der Waals surface area contributed by atoms with Gasteiger partial charge in [-0.3, -0.25) is 0 Å². The molecule has 2 rings (SSSR count). The molecule has 0 unspecified atom stereocenters. The van der Waals surface area contributed by atoms with E-state index in [4.69, 9.17) is 16.3 Å². The summed E-state index contributed by atoms with van der Waals surface area (Å²) >= 11 is 6.13. The molecule has 1 aliphatic rings. The van der Waals surface area contributed by atoms with Crippen LogP contribution >= 0.6 is 11.6 Å². The van der Waals surface area contributed by atoms with E-state index in [0.717, 1.165) is 43.3 Å². The second-order valence-electron chi connectivity index (χ2n) is 4.42. The molecule has 1 heterocycles. The highest BCUT2D eigenvalue weighted by Crippen LogP contribution is 2.24. The van der Waals surface area contributed by atoms with Gasteiger partial charge in [-0.2, -0.15) is 0 Å². The van der Waals surface area contributed by atoms with Gasteiger partial charge in [-0.25, -0.2) is 0 Å². The Hall–Kier alpha value is -0.730. The Morgan fingerprint density at radius 1 is 1.38 bits per heavy atom. The number of benzene rings is 1. The van der Waals surface area contributed by atoms with Crippen LogP contribution in [0.25, 0.3) is 0 Å². The maximum absolute atomic E-state index is 6.13. The van der Waals surface area contributed by atoms with Gasteiger partial charge in [-0.1, -0.05) is 17.7 Å². The van der Waals surface area contributed by atoms with Crippen LogP contribution in [0.2, 0.25) is 5.02 Å². The normalized spacial score (nSPS) is 17.4. The van der Waals surface area contributed by atoms with Gasteiger partial charge >= 0.3 is 0 Å². The first kappa shape index (κ1) is 11.7. The summed E-state index contributed by atoms with van der Waals surface area (Å²) in [7, 11) is 0. The number of nitrogens with one attached hydrogen (secondary N) is 1. The van der Waals surface area contributed by atoms with Crippen LogP contribution in [0.3, 0.4) is 0 Å². The summed E-state index contributed by atoms with van der Waals surface area (Å²) in [6.45, 7) is 4.87. The molecular formula is C13H18ClNO. The maximum Gasteiger partial charge on any atom is 0.0637 e. The first-order valence-electron chi connectivity index (χ1n) is 5.83. The number of ether oxygens (including phenoxy) is 1. The average molecular weight is 240 g/mol. The highest BCUT2D eigenvalue weighted by molar-refractivity contribution is 6.33. The van der Waals surface area contributed by atoms with Gasteiger partial charge in [0.2, 0.25) is 0 Å². The molecule has 0 spiro atoms. The molecular weight excluding hydrogens is 222 g/mol. The molecule has 3 heteroatoms. The zero-order valence-electron chi connectivity index (χ0n) is 9.63. The first-order chi connectivity index (χ1) is 7.75. The minimum atomic E-state index is 0.713. The molecule has 0 amide bonds. The van der Waals surface area contributed by atoms with Crippen molar-refractivity contribution in [3.63, 3.8) is 0 Å². The van der Waals surface area contributed by atoms with Crippen molar-refractivity contribution in [2.75, 3.05) is 25.1 Å². The summed E-state index contributed by atoms with van der Waals surface area (Å²) < 4.78 is 5.34. The van der Waals surface area contributed by atoms with E-state index in [1.54, 1.807) is 0 Å². The third-order valence-corrected chi connectivity index (χ3v) is 3.37. The summed E-state index contributed by atoms with van der Waals surface area (Å²) in [4.78, 5) is 0. The molecule has 1 aliphatic heterocycles. The van der Waals surface area contributed by atoms with Crippen LogP contribution in [0.1, 0.15) is 18.4 Å². The summed E-state index contributed by atoms with van der Waals surface area (Å²) in [5, 5.41) is 4.24. The molecule has 0 saturated carbocycles. The zero-order chi connectivity index (χ0) is 11.4. The zero-order valence-corrected chi connectivity index (χ0v) is 10.4. The van der Waals surface area contributed by atoms with Crippen molar-refractivity contribution in [1.29, 1.82) is 0 Å². The first-order valence-corrected chi connectivity index (χ1v) is 6.21. The lowest BCUT2D eigenvalue weighted by atomic mass is 10.0. The van der Waals surface area contributed by atoms with Gasteiger partial charge in [0.1, 0.15) is 0 Å². The Labute approximate surface area is 102 Å². The van der Waals surface area contributed by atoms with Crippen LogP contribution in [0, 0.1) is 12.8 Å². The van der Waals surface area contributed by atoms with Gasteiger partial charge < -0.3 is 10.1 Å². The fourth-order valence-electron chi connectivity index (χ4n) is 1.98. The molecule has 1 fully saturated rings. The number of anilines is 1. The van der Waals surface area contributed by atoms with Crippen molar-refractivity contribution in [3.8, 4) is 0 Å². The summed E-state index contributed by atoms with van der Waals surface area (Å²) in [6.07, 6.45) is 2.30. The highest BCUT2D eigenvalue weighted by atomic mass is 35.5. The molecule has 0 aromatic heterocycles. The molecule has 1 saturated heterocycles. The fraction of sp³-hybridized carbons (Fsp3) is 0.538. The Morgan fingerprint density at radius 3 is 2.88 bits per heavy atom. The van der Waals surface area contributed by atoms with Crippen LogP contribution in [0.5, 0.6) is 0 Å². The minimum absolute atomic E-state index is 0.713. The van der Waals surface area contributed by atoms with Crippen molar-refractivity contribution >= 4 is 17.3 Å². The van der Waals surface area contributed by atoms with Gasteiger partial charge in [0.05, 0.1) is 10.7 Å². The van der Waals surface area contributed by atoms with Crippen LogP contribution < -0.4 is 5.32 Å². The topological polar surface area (TPSA) is 21.3 Å². The number of rotatable bonds is 3. The van der Waals surface area contributed by atoms with E-state index in [0.29, 0.717) is 5.92 Å². The predicted octanol–water partition coefficient (Wildman–Crippen LogP) is 3.49. The Balaban J connectivity index is 1.90. The van der Waals surface area contributed by atoms with Crippen molar-refractivity contribution in [2.24, 2.45) is 5.92 Å². The van der Waals surface area contributed by atoms with Gasteiger partial charge in [0, 0.05) is 19.8 Å². The van der Waals surface area contributed by atoms with Crippen LogP contribution in [0.4, 0.5) is 5.69 Å². The summed E-state index contributed by atoms with van der Waals surface area (Å²) in [6, 6.07) is 6.08. The standard InChI is InChI=1S/C13H18ClNO/c1-10-2-3-12(14)13(8-10)15-9-11-4-6-16-7-5-11/h2-3,8,11,15H,4-7,9H2,1H3. The molecule has 1 aromatic rings. The van der Waals surface area contributed by atoms with Crippen molar-refractivity contribution in [3.05, 3.63) is 28.8 Å². The summed E-state index contributed by atoms with van der Waals surface area (Å²) in [5.74, 6) is 0.713. The van der Waals surface area contributed by atoms with Gasteiger partial charge in [-0.05, 0) is 43.4 Å². The molecule has 1 N–H and O–H groups in total. The van der Waals surface area contributed by atoms with Crippen LogP contribution in [-0.2, 0) is 4.74 Å². The second-order valence-corrected chi connectivity index (χ2v) is 4.83. The lowest BCUT2D eigenvalue weighted by Gasteiger charge is -2.23. The lowest BCUT2D eigenvalue weighted by molar-refractivity contribution is 0.0699. The SMILES string of the molecule is Cc1ccc(Cl)c(NCC2CCOCC2)c1. The number of halogens is 1. The van der Waals surface area contributed by atoms with Crippen molar-refractivity contribution in [1.82, 2.24) is 0 Å². The van der Waals surface area contributed by atoms with Gasteiger partial charge in [-0.15, -0.1) is 0 Å². The quantitative estimate of drug-likeness (QED) is 0.872. The molecule has 1 aromatic carbocycles. The number of hydrogen-bond acceptors (Lipinski definition) is 2. The Morgan fingerprint density at radius 2 is 2.12 bits per heavy atom. The Bertz CT molecular complexity index is 348. The molecule has 0 bridgehead atoms. The molecule has 16 heavy (non-hydrogen) atoms. The lowest BCUT2D eigenvalue weighted by Crippen LogP contribution is -2.22. The Kier molecular flexibility index (Phi) is 4.08. The van der Waals surface area contributed by atoms with Gasteiger partial charge in [0.15, 0.2) is 0 Å². The van der Waals surface area contributed by atoms with E-state index in [2.05, 4.69) is 18.3 Å². The van der Waals surface area contributed by atoms with Crippen LogP contribution in [-0.4, -0.2) is 19.8 Å². The minimum Gasteiger partial charge on any atom is -0.384 e. The van der Waals surface area contributed by atoms with E-state index in [9.17, 15) is 0 Å². The maximum atomic E-state index is 6.13. The van der Waals surface area contributed by atoms with E-state index >= 15 is 0 Å². The molecule has 0 atom stereocenters. The number of hydrogen-bond donors (Lipinski definition) is 1. The van der Waals surface area contributed by atoms with Crippen LogP contribution in [0.15, 0.2) is 18.2 Å². The van der Waals surface area contributed by atoms with Gasteiger partial charge in [0.25, 0.3) is 0 Å². The smallest absolute Gasteiger partial charge is 0.0637 e. The second kappa shape index (κ2) is 5.55. The largest absolute Gasteiger partial charge is 0.384 e. The molecule has 2 nitrogen and oxygen atoms in total. The van der Waals surface area contributed by atoms with E-state index < -0.39 is 0 Å². The van der Waals surface area contributed by atoms with E-state index in [1.807, 2.05) is 12.1 Å². The predicted molar refractivity (Wildman–Crippen MR) is 68.2 cm³/mol. The third-order valence-electron chi connectivity index (χ3n) is 3.04. The van der Waals surface area contributed by atoms with E-state index in [1.165, 1.54) is 5.56 Å². The molecule has 88 valence electrons. The fourth-order valence-corrected chi connectivity index (χ4v) is 2.16. The molecule has 0 aliphatic carbocycles. The van der Waals surface area contributed by atoms with Crippen molar-refractivity contribution in [2.45, 2.75) is 19.8 Å². The highest BCUT2D eigenvalue weighted by Gasteiger charge is 2.13. The van der Waals surface area contributed by atoms with Crippen molar-refractivity contribution < 1.29 is 4.74 Å². The monoisotopic (exact) mass is 239 g/mol. The average Bonchev–Trinajstić information content (AvgIpc) is 2.32. The van der Waals surface area contributed by atoms with E-state index in [-0.39, 0.29) is 0 Å².